The summed E-state index contributed by atoms with van der Waals surface area (Å²) in [5.41, 5.74) is 0. The number of aliphatic carboxylic acids is 1. The second-order valence-corrected chi connectivity index (χ2v) is 3.89. The van der Waals surface area contributed by atoms with Gasteiger partial charge in [-0.3, -0.25) is 4.79 Å². The first-order chi connectivity index (χ1) is 8.04. The maximum absolute atomic E-state index is 11.8. The summed E-state index contributed by atoms with van der Waals surface area (Å²) in [4.78, 5) is 24.1. The molecule has 2 N–H and O–H groups in total. The smallest absolute Gasteiger partial charge is 0.317 e. The van der Waals surface area contributed by atoms with Gasteiger partial charge in [-0.25, -0.2) is 4.79 Å². The third kappa shape index (κ3) is 6.60. The highest BCUT2D eigenvalue weighted by Crippen LogP contribution is 2.00. The first-order valence-electron chi connectivity index (χ1n) is 5.93. The number of amides is 2. The highest BCUT2D eigenvalue weighted by Gasteiger charge is 2.17. The molecule has 0 heterocycles. The van der Waals surface area contributed by atoms with Crippen LogP contribution in [0.5, 0.6) is 0 Å². The van der Waals surface area contributed by atoms with Crippen molar-refractivity contribution in [2.75, 3.05) is 13.1 Å². The van der Waals surface area contributed by atoms with E-state index < -0.39 is 5.97 Å². The number of carbonyl (C=O) groups excluding carboxylic acids is 1. The molecule has 0 saturated heterocycles. The molecule has 5 nitrogen and oxygen atoms in total. The molecule has 98 valence electrons. The van der Waals surface area contributed by atoms with E-state index in [0.717, 1.165) is 6.42 Å². The van der Waals surface area contributed by atoms with E-state index in [1.807, 2.05) is 13.8 Å². The molecular formula is C12H22N2O3. The van der Waals surface area contributed by atoms with Crippen LogP contribution < -0.4 is 5.32 Å². The molecule has 0 saturated carbocycles. The van der Waals surface area contributed by atoms with Crippen LogP contribution in [0.25, 0.3) is 0 Å². The van der Waals surface area contributed by atoms with Crippen LogP contribution in [0.4, 0.5) is 4.79 Å². The molecule has 0 spiro atoms. The van der Waals surface area contributed by atoms with Crippen LogP contribution in [-0.2, 0) is 4.79 Å². The molecule has 0 aliphatic rings. The van der Waals surface area contributed by atoms with Gasteiger partial charge in [-0.2, -0.15) is 0 Å². The summed E-state index contributed by atoms with van der Waals surface area (Å²) in [5, 5.41) is 11.4. The summed E-state index contributed by atoms with van der Waals surface area (Å²) in [5.74, 6) is -0.900. The quantitative estimate of drug-likeness (QED) is 0.638. The average molecular weight is 242 g/mol. The van der Waals surface area contributed by atoms with Crippen molar-refractivity contribution in [3.63, 3.8) is 0 Å². The van der Waals surface area contributed by atoms with Gasteiger partial charge in [0.15, 0.2) is 0 Å². The number of urea groups is 1. The van der Waals surface area contributed by atoms with Crippen LogP contribution in [0.3, 0.4) is 0 Å². The lowest BCUT2D eigenvalue weighted by Crippen LogP contribution is -2.45. The Morgan fingerprint density at radius 1 is 1.47 bits per heavy atom. The number of hydrogen-bond acceptors (Lipinski definition) is 2. The molecule has 0 aromatic carbocycles. The minimum absolute atomic E-state index is 0.0453. The lowest BCUT2D eigenvalue weighted by atomic mass is 10.1. The maximum Gasteiger partial charge on any atom is 0.317 e. The van der Waals surface area contributed by atoms with E-state index in [-0.39, 0.29) is 18.5 Å². The number of carbonyl (C=O) groups is 2. The molecule has 1 unspecified atom stereocenters. The number of hydrogen-bond donors (Lipinski definition) is 2. The second kappa shape index (κ2) is 8.61. The van der Waals surface area contributed by atoms with E-state index in [1.165, 1.54) is 0 Å². The van der Waals surface area contributed by atoms with E-state index >= 15 is 0 Å². The first kappa shape index (κ1) is 15.5. The summed E-state index contributed by atoms with van der Waals surface area (Å²) < 4.78 is 0. The molecule has 0 radical (unpaired) electrons. The van der Waals surface area contributed by atoms with Gasteiger partial charge in [-0.1, -0.05) is 19.9 Å². The van der Waals surface area contributed by atoms with Crippen molar-refractivity contribution in [3.05, 3.63) is 12.7 Å². The van der Waals surface area contributed by atoms with Crippen LogP contribution in [0.2, 0.25) is 0 Å². The minimum atomic E-state index is -0.900. The molecule has 5 heteroatoms. The van der Waals surface area contributed by atoms with Gasteiger partial charge in [-0.15, -0.1) is 6.58 Å². The highest BCUT2D eigenvalue weighted by molar-refractivity contribution is 5.76. The molecule has 0 rings (SSSR count). The fraction of sp³-hybridized carbons (Fsp3) is 0.667. The van der Waals surface area contributed by atoms with Gasteiger partial charge in [-0.05, 0) is 12.8 Å². The van der Waals surface area contributed by atoms with Gasteiger partial charge in [0.1, 0.15) is 0 Å². The molecule has 17 heavy (non-hydrogen) atoms. The van der Waals surface area contributed by atoms with Gasteiger partial charge in [0.2, 0.25) is 0 Å². The molecule has 0 aliphatic carbocycles. The summed E-state index contributed by atoms with van der Waals surface area (Å²) in [6.45, 7) is 8.55. The van der Waals surface area contributed by atoms with Gasteiger partial charge in [0.05, 0.1) is 6.42 Å². The molecule has 0 bridgehead atoms. The SMILES string of the molecule is C=CCN(CCC)C(=O)NC(CC)CC(=O)O. The number of rotatable bonds is 8. The van der Waals surface area contributed by atoms with E-state index in [0.29, 0.717) is 19.5 Å². The summed E-state index contributed by atoms with van der Waals surface area (Å²) in [7, 11) is 0. The van der Waals surface area contributed by atoms with Crippen LogP contribution in [-0.4, -0.2) is 41.1 Å². The van der Waals surface area contributed by atoms with Crippen molar-refractivity contribution in [2.24, 2.45) is 0 Å². The summed E-state index contributed by atoms with van der Waals surface area (Å²) in [6.07, 6.45) is 3.08. The van der Waals surface area contributed by atoms with Crippen LogP contribution >= 0.6 is 0 Å². The number of carboxylic acid groups (broad SMARTS) is 1. The van der Waals surface area contributed by atoms with Crippen molar-refractivity contribution in [3.8, 4) is 0 Å². The first-order valence-corrected chi connectivity index (χ1v) is 5.93. The predicted molar refractivity (Wildman–Crippen MR) is 66.9 cm³/mol. The number of carboxylic acids is 1. The Labute approximate surface area is 102 Å². The number of nitrogens with one attached hydrogen (secondary N) is 1. The van der Waals surface area contributed by atoms with E-state index in [4.69, 9.17) is 5.11 Å². The van der Waals surface area contributed by atoms with Crippen molar-refractivity contribution in [1.29, 1.82) is 0 Å². The Hall–Kier alpha value is -1.52. The monoisotopic (exact) mass is 242 g/mol. The fourth-order valence-corrected chi connectivity index (χ4v) is 1.48. The van der Waals surface area contributed by atoms with E-state index in [1.54, 1.807) is 11.0 Å². The van der Waals surface area contributed by atoms with Crippen molar-refractivity contribution >= 4 is 12.0 Å². The largest absolute Gasteiger partial charge is 0.481 e. The molecule has 0 aromatic rings. The van der Waals surface area contributed by atoms with E-state index in [9.17, 15) is 9.59 Å². The molecule has 2 amide bonds. The van der Waals surface area contributed by atoms with Crippen molar-refractivity contribution < 1.29 is 14.7 Å². The third-order valence-electron chi connectivity index (χ3n) is 2.37. The fourth-order valence-electron chi connectivity index (χ4n) is 1.48. The average Bonchev–Trinajstić information content (AvgIpc) is 2.27. The predicted octanol–water partition coefficient (Wildman–Crippen LogP) is 1.85. The Balaban J connectivity index is 4.33. The Bertz CT molecular complexity index is 266. The normalized spacial score (nSPS) is 11.6. The zero-order chi connectivity index (χ0) is 13.3. The van der Waals surface area contributed by atoms with Gasteiger partial charge in [0, 0.05) is 19.1 Å². The third-order valence-corrected chi connectivity index (χ3v) is 2.37. The van der Waals surface area contributed by atoms with E-state index in [2.05, 4.69) is 11.9 Å². The molecule has 0 fully saturated rings. The lowest BCUT2D eigenvalue weighted by Gasteiger charge is -2.24. The van der Waals surface area contributed by atoms with Crippen molar-refractivity contribution in [2.45, 2.75) is 39.2 Å². The van der Waals surface area contributed by atoms with Crippen molar-refractivity contribution in [1.82, 2.24) is 10.2 Å². The second-order valence-electron chi connectivity index (χ2n) is 3.89. The van der Waals surface area contributed by atoms with Gasteiger partial charge < -0.3 is 15.3 Å². The van der Waals surface area contributed by atoms with Crippen LogP contribution in [0.1, 0.15) is 33.1 Å². The standard InChI is InChI=1S/C12H22N2O3/c1-4-7-14(8-5-2)12(17)13-10(6-3)9-11(15)16/h4,10H,1,5-9H2,2-3H3,(H,13,17)(H,15,16). The van der Waals surface area contributed by atoms with Gasteiger partial charge in [0.25, 0.3) is 0 Å². The van der Waals surface area contributed by atoms with Gasteiger partial charge >= 0.3 is 12.0 Å². The van der Waals surface area contributed by atoms with Crippen LogP contribution in [0.15, 0.2) is 12.7 Å². The molecule has 0 aromatic heterocycles. The molecular weight excluding hydrogens is 220 g/mol. The molecule has 1 atom stereocenters. The topological polar surface area (TPSA) is 69.6 Å². The zero-order valence-corrected chi connectivity index (χ0v) is 10.6. The minimum Gasteiger partial charge on any atom is -0.481 e. The Morgan fingerprint density at radius 2 is 2.12 bits per heavy atom. The maximum atomic E-state index is 11.8. The molecule has 0 aliphatic heterocycles. The lowest BCUT2D eigenvalue weighted by molar-refractivity contribution is -0.137. The Morgan fingerprint density at radius 3 is 2.53 bits per heavy atom. The van der Waals surface area contributed by atoms with Crippen LogP contribution in [0, 0.1) is 0 Å². The number of nitrogens with zero attached hydrogens (tertiary/aromatic N) is 1. The zero-order valence-electron chi connectivity index (χ0n) is 10.6. The Kier molecular flexibility index (Phi) is 7.84. The highest BCUT2D eigenvalue weighted by atomic mass is 16.4. The summed E-state index contributed by atoms with van der Waals surface area (Å²) >= 11 is 0. The summed E-state index contributed by atoms with van der Waals surface area (Å²) in [6, 6.07) is -0.538.